The first-order valence-electron chi connectivity index (χ1n) is 5.86. The number of benzene rings is 2. The van der Waals surface area contributed by atoms with E-state index in [0.717, 1.165) is 11.3 Å². The maximum atomic E-state index is 13.4. The Hall–Kier alpha value is -1.39. The molecule has 4 heteroatoms. The van der Waals surface area contributed by atoms with Crippen molar-refractivity contribution in [1.29, 1.82) is 0 Å². The van der Waals surface area contributed by atoms with Crippen LogP contribution < -0.4 is 4.74 Å². The first-order chi connectivity index (χ1) is 9.10. The van der Waals surface area contributed by atoms with E-state index in [1.165, 1.54) is 6.07 Å². The summed E-state index contributed by atoms with van der Waals surface area (Å²) in [7, 11) is 1.61. The molecule has 2 aromatic rings. The molecule has 0 amide bonds. The van der Waals surface area contributed by atoms with Gasteiger partial charge in [-0.05, 0) is 51.3 Å². The number of rotatable bonds is 4. The van der Waals surface area contributed by atoms with E-state index in [1.54, 1.807) is 19.2 Å². The maximum Gasteiger partial charge on any atom is 0.137 e. The average molecular weight is 325 g/mol. The summed E-state index contributed by atoms with van der Waals surface area (Å²) in [4.78, 5) is 0. The standard InChI is InChI=1S/C15H14BrFO2/c1-19-12-5-2-10(3-6-12)8-15(18)11-4-7-13(16)14(17)9-11/h2-7,9,15,18H,8H2,1H3. The van der Waals surface area contributed by atoms with E-state index < -0.39 is 6.10 Å². The number of aliphatic hydroxyl groups excluding tert-OH is 1. The van der Waals surface area contributed by atoms with Gasteiger partial charge in [0, 0.05) is 6.42 Å². The zero-order valence-electron chi connectivity index (χ0n) is 10.4. The van der Waals surface area contributed by atoms with Gasteiger partial charge in [-0.25, -0.2) is 4.39 Å². The van der Waals surface area contributed by atoms with Gasteiger partial charge in [0.2, 0.25) is 0 Å². The van der Waals surface area contributed by atoms with Crippen molar-refractivity contribution < 1.29 is 14.2 Å². The van der Waals surface area contributed by atoms with Crippen molar-refractivity contribution in [1.82, 2.24) is 0 Å². The number of methoxy groups -OCH3 is 1. The number of halogens is 2. The molecular formula is C15H14BrFO2. The second-order valence-electron chi connectivity index (χ2n) is 4.24. The fourth-order valence-electron chi connectivity index (χ4n) is 1.82. The predicted octanol–water partition coefficient (Wildman–Crippen LogP) is 3.87. The van der Waals surface area contributed by atoms with Crippen molar-refractivity contribution in [3.05, 3.63) is 63.9 Å². The van der Waals surface area contributed by atoms with Crippen molar-refractivity contribution in [3.63, 3.8) is 0 Å². The lowest BCUT2D eigenvalue weighted by molar-refractivity contribution is 0.178. The lowest BCUT2D eigenvalue weighted by Gasteiger charge is -2.12. The van der Waals surface area contributed by atoms with Gasteiger partial charge in [-0.15, -0.1) is 0 Å². The van der Waals surface area contributed by atoms with Crippen molar-refractivity contribution in [3.8, 4) is 5.75 Å². The Morgan fingerprint density at radius 3 is 2.47 bits per heavy atom. The third-order valence-electron chi connectivity index (χ3n) is 2.92. The van der Waals surface area contributed by atoms with E-state index in [0.29, 0.717) is 16.5 Å². The van der Waals surface area contributed by atoms with Crippen LogP contribution in [0.15, 0.2) is 46.9 Å². The second-order valence-corrected chi connectivity index (χ2v) is 5.10. The molecule has 0 saturated carbocycles. The highest BCUT2D eigenvalue weighted by Crippen LogP contribution is 2.24. The molecule has 0 aliphatic carbocycles. The molecule has 2 nitrogen and oxygen atoms in total. The molecule has 2 aromatic carbocycles. The molecule has 0 saturated heterocycles. The average Bonchev–Trinajstić information content (AvgIpc) is 2.42. The zero-order valence-corrected chi connectivity index (χ0v) is 12.0. The lowest BCUT2D eigenvalue weighted by atomic mass is 10.0. The molecule has 0 aliphatic rings. The van der Waals surface area contributed by atoms with Gasteiger partial charge < -0.3 is 9.84 Å². The van der Waals surface area contributed by atoms with Gasteiger partial charge >= 0.3 is 0 Å². The summed E-state index contributed by atoms with van der Waals surface area (Å²) in [5.74, 6) is 0.402. The van der Waals surface area contributed by atoms with Crippen molar-refractivity contribution in [2.24, 2.45) is 0 Å². The Bertz CT molecular complexity index is 555. The third-order valence-corrected chi connectivity index (χ3v) is 3.56. The minimum atomic E-state index is -0.726. The largest absolute Gasteiger partial charge is 0.497 e. The van der Waals surface area contributed by atoms with E-state index in [9.17, 15) is 9.50 Å². The SMILES string of the molecule is COc1ccc(CC(O)c2ccc(Br)c(F)c2)cc1. The van der Waals surface area contributed by atoms with Crippen molar-refractivity contribution in [2.75, 3.05) is 7.11 Å². The Morgan fingerprint density at radius 2 is 1.89 bits per heavy atom. The minimum Gasteiger partial charge on any atom is -0.497 e. The smallest absolute Gasteiger partial charge is 0.137 e. The summed E-state index contributed by atoms with van der Waals surface area (Å²) in [6.07, 6.45) is -0.290. The molecule has 0 bridgehead atoms. The molecule has 1 unspecified atom stereocenters. The number of hydrogen-bond acceptors (Lipinski definition) is 2. The summed E-state index contributed by atoms with van der Waals surface area (Å²) in [6.45, 7) is 0. The predicted molar refractivity (Wildman–Crippen MR) is 75.8 cm³/mol. The molecule has 0 aromatic heterocycles. The molecule has 1 N–H and O–H groups in total. The van der Waals surface area contributed by atoms with Gasteiger partial charge in [-0.1, -0.05) is 18.2 Å². The molecule has 0 fully saturated rings. The van der Waals surface area contributed by atoms with Crippen molar-refractivity contribution in [2.45, 2.75) is 12.5 Å². The van der Waals surface area contributed by atoms with E-state index in [1.807, 2.05) is 24.3 Å². The van der Waals surface area contributed by atoms with E-state index in [2.05, 4.69) is 15.9 Å². The highest BCUT2D eigenvalue weighted by atomic mass is 79.9. The van der Waals surface area contributed by atoms with Crippen LogP contribution in [0, 0.1) is 5.82 Å². The van der Waals surface area contributed by atoms with Gasteiger partial charge in [0.25, 0.3) is 0 Å². The zero-order chi connectivity index (χ0) is 13.8. The monoisotopic (exact) mass is 324 g/mol. The maximum absolute atomic E-state index is 13.4. The fourth-order valence-corrected chi connectivity index (χ4v) is 2.07. The summed E-state index contributed by atoms with van der Waals surface area (Å²) >= 11 is 3.09. The minimum absolute atomic E-state index is 0.369. The summed E-state index contributed by atoms with van der Waals surface area (Å²) < 4.78 is 18.9. The Labute approximate surface area is 120 Å². The van der Waals surface area contributed by atoms with Crippen LogP contribution in [0.25, 0.3) is 0 Å². The van der Waals surface area contributed by atoms with Crippen LogP contribution in [0.3, 0.4) is 0 Å². The molecule has 19 heavy (non-hydrogen) atoms. The van der Waals surface area contributed by atoms with Gasteiger partial charge in [-0.3, -0.25) is 0 Å². The molecular weight excluding hydrogens is 311 g/mol. The quantitative estimate of drug-likeness (QED) is 0.925. The van der Waals surface area contributed by atoms with Gasteiger partial charge in [0.05, 0.1) is 17.7 Å². The second kappa shape index (κ2) is 6.17. The lowest BCUT2D eigenvalue weighted by Crippen LogP contribution is -2.02. The number of ether oxygens (including phenoxy) is 1. The van der Waals surface area contributed by atoms with Crippen LogP contribution in [-0.2, 0) is 6.42 Å². The Morgan fingerprint density at radius 1 is 1.21 bits per heavy atom. The number of hydrogen-bond donors (Lipinski definition) is 1. The van der Waals surface area contributed by atoms with E-state index in [4.69, 9.17) is 4.74 Å². The molecule has 1 atom stereocenters. The highest BCUT2D eigenvalue weighted by molar-refractivity contribution is 9.10. The van der Waals surface area contributed by atoms with Gasteiger partial charge in [0.1, 0.15) is 11.6 Å². The molecule has 2 rings (SSSR count). The summed E-state index contributed by atoms with van der Waals surface area (Å²) in [5, 5.41) is 10.1. The Kier molecular flexibility index (Phi) is 4.56. The van der Waals surface area contributed by atoms with Gasteiger partial charge in [0.15, 0.2) is 0 Å². The Balaban J connectivity index is 2.10. The molecule has 0 aliphatic heterocycles. The molecule has 0 heterocycles. The third kappa shape index (κ3) is 3.55. The van der Waals surface area contributed by atoms with Crippen LogP contribution in [0.2, 0.25) is 0 Å². The van der Waals surface area contributed by atoms with Crippen LogP contribution in [-0.4, -0.2) is 12.2 Å². The van der Waals surface area contributed by atoms with Crippen LogP contribution in [0.4, 0.5) is 4.39 Å². The first-order valence-corrected chi connectivity index (χ1v) is 6.65. The highest BCUT2D eigenvalue weighted by Gasteiger charge is 2.11. The number of aliphatic hydroxyl groups is 1. The summed E-state index contributed by atoms with van der Waals surface area (Å²) in [5.41, 5.74) is 1.54. The van der Waals surface area contributed by atoms with Crippen LogP contribution >= 0.6 is 15.9 Å². The summed E-state index contributed by atoms with van der Waals surface area (Å²) in [6, 6.07) is 12.1. The first kappa shape index (κ1) is 14.0. The molecule has 100 valence electrons. The van der Waals surface area contributed by atoms with Crippen LogP contribution in [0.1, 0.15) is 17.2 Å². The van der Waals surface area contributed by atoms with E-state index >= 15 is 0 Å². The fraction of sp³-hybridized carbons (Fsp3) is 0.200. The normalized spacial score (nSPS) is 12.2. The molecule has 0 spiro atoms. The van der Waals surface area contributed by atoms with Crippen LogP contribution in [0.5, 0.6) is 5.75 Å². The molecule has 0 radical (unpaired) electrons. The van der Waals surface area contributed by atoms with E-state index in [-0.39, 0.29) is 5.82 Å². The topological polar surface area (TPSA) is 29.5 Å². The van der Waals surface area contributed by atoms with Gasteiger partial charge in [-0.2, -0.15) is 0 Å². The van der Waals surface area contributed by atoms with Crippen molar-refractivity contribution >= 4 is 15.9 Å².